The van der Waals surface area contributed by atoms with Crippen molar-refractivity contribution in [3.63, 3.8) is 0 Å². The van der Waals surface area contributed by atoms with E-state index in [0.717, 1.165) is 5.75 Å². The van der Waals surface area contributed by atoms with Crippen LogP contribution in [0, 0.1) is 5.82 Å². The van der Waals surface area contributed by atoms with Crippen molar-refractivity contribution in [3.8, 4) is 5.75 Å². The van der Waals surface area contributed by atoms with Crippen LogP contribution in [0.3, 0.4) is 0 Å². The molecule has 1 atom stereocenters. The summed E-state index contributed by atoms with van der Waals surface area (Å²) in [7, 11) is 0. The highest BCUT2D eigenvalue weighted by Crippen LogP contribution is 2.20. The van der Waals surface area contributed by atoms with Gasteiger partial charge in [-0.1, -0.05) is 36.4 Å². The van der Waals surface area contributed by atoms with Crippen molar-refractivity contribution in [2.24, 2.45) is 0 Å². The van der Waals surface area contributed by atoms with E-state index in [4.69, 9.17) is 4.74 Å². The molecule has 0 aromatic heterocycles. The number of rotatable bonds is 5. The molecule has 0 saturated carbocycles. The topological polar surface area (TPSA) is 29.5 Å². The monoisotopic (exact) mass is 246 g/mol. The van der Waals surface area contributed by atoms with Gasteiger partial charge >= 0.3 is 0 Å². The van der Waals surface area contributed by atoms with Crippen molar-refractivity contribution in [3.05, 3.63) is 66.0 Å². The van der Waals surface area contributed by atoms with Gasteiger partial charge in [0.2, 0.25) is 0 Å². The fraction of sp³-hybridized carbons (Fsp3) is 0.200. The Morgan fingerprint density at radius 3 is 2.39 bits per heavy atom. The Bertz CT molecular complexity index is 485. The summed E-state index contributed by atoms with van der Waals surface area (Å²) in [5, 5.41) is 9.86. The van der Waals surface area contributed by atoms with Gasteiger partial charge in [0.1, 0.15) is 11.6 Å². The van der Waals surface area contributed by atoms with Crippen LogP contribution in [0.4, 0.5) is 4.39 Å². The van der Waals surface area contributed by atoms with Gasteiger partial charge < -0.3 is 9.84 Å². The van der Waals surface area contributed by atoms with Crippen molar-refractivity contribution >= 4 is 0 Å². The lowest BCUT2D eigenvalue weighted by atomic mass is 10.1. The Morgan fingerprint density at radius 2 is 1.67 bits per heavy atom. The van der Waals surface area contributed by atoms with E-state index in [1.807, 2.05) is 30.3 Å². The number of ether oxygens (including phenoxy) is 1. The third kappa shape index (κ3) is 3.31. The van der Waals surface area contributed by atoms with Crippen LogP contribution >= 0.6 is 0 Å². The molecule has 0 spiro atoms. The molecule has 0 radical (unpaired) electrons. The maximum atomic E-state index is 13.4. The van der Waals surface area contributed by atoms with Gasteiger partial charge in [-0.15, -0.1) is 0 Å². The second-order valence-electron chi connectivity index (χ2n) is 3.99. The SMILES string of the molecule is OC(CCOc1ccccc1)c1ccccc1F. The summed E-state index contributed by atoms with van der Waals surface area (Å²) in [6.45, 7) is 0.347. The highest BCUT2D eigenvalue weighted by atomic mass is 19.1. The summed E-state index contributed by atoms with van der Waals surface area (Å²) in [6, 6.07) is 15.6. The van der Waals surface area contributed by atoms with E-state index in [2.05, 4.69) is 0 Å². The Balaban J connectivity index is 1.86. The highest BCUT2D eigenvalue weighted by molar-refractivity contribution is 5.21. The Kier molecular flexibility index (Phi) is 4.31. The second-order valence-corrected chi connectivity index (χ2v) is 3.99. The molecule has 2 rings (SSSR count). The van der Waals surface area contributed by atoms with E-state index >= 15 is 0 Å². The standard InChI is InChI=1S/C15H15FO2/c16-14-9-5-4-8-13(14)15(17)10-11-18-12-6-2-1-3-7-12/h1-9,15,17H,10-11H2. The molecule has 3 heteroatoms. The van der Waals surface area contributed by atoms with E-state index in [1.54, 1.807) is 18.2 Å². The highest BCUT2D eigenvalue weighted by Gasteiger charge is 2.11. The zero-order chi connectivity index (χ0) is 12.8. The maximum absolute atomic E-state index is 13.4. The van der Waals surface area contributed by atoms with E-state index < -0.39 is 6.10 Å². The Hall–Kier alpha value is -1.87. The Morgan fingerprint density at radius 1 is 1.00 bits per heavy atom. The summed E-state index contributed by atoms with van der Waals surface area (Å²) in [6.07, 6.45) is -0.481. The molecular formula is C15H15FO2. The molecule has 94 valence electrons. The number of para-hydroxylation sites is 1. The van der Waals surface area contributed by atoms with Crippen LogP contribution in [0.2, 0.25) is 0 Å². The van der Waals surface area contributed by atoms with Crippen LogP contribution in [-0.4, -0.2) is 11.7 Å². The molecular weight excluding hydrogens is 231 g/mol. The van der Waals surface area contributed by atoms with Gasteiger partial charge in [-0.25, -0.2) is 4.39 Å². The third-order valence-electron chi connectivity index (χ3n) is 2.67. The fourth-order valence-corrected chi connectivity index (χ4v) is 1.71. The molecule has 0 aliphatic carbocycles. The summed E-state index contributed by atoms with van der Waals surface area (Å²) >= 11 is 0. The molecule has 2 nitrogen and oxygen atoms in total. The second kappa shape index (κ2) is 6.17. The molecule has 0 saturated heterocycles. The van der Waals surface area contributed by atoms with E-state index in [-0.39, 0.29) is 5.82 Å². The van der Waals surface area contributed by atoms with Gasteiger partial charge in [-0.3, -0.25) is 0 Å². The summed E-state index contributed by atoms with van der Waals surface area (Å²) in [5.41, 5.74) is 0.314. The largest absolute Gasteiger partial charge is 0.493 e. The van der Waals surface area contributed by atoms with Gasteiger partial charge in [-0.2, -0.15) is 0 Å². The molecule has 0 heterocycles. The lowest BCUT2D eigenvalue weighted by Crippen LogP contribution is -2.06. The zero-order valence-electron chi connectivity index (χ0n) is 9.92. The van der Waals surface area contributed by atoms with Crippen LogP contribution in [0.25, 0.3) is 0 Å². The minimum Gasteiger partial charge on any atom is -0.493 e. The van der Waals surface area contributed by atoms with Crippen LogP contribution in [0.1, 0.15) is 18.1 Å². The predicted molar refractivity (Wildman–Crippen MR) is 67.9 cm³/mol. The normalized spacial score (nSPS) is 12.1. The van der Waals surface area contributed by atoms with Crippen molar-refractivity contribution in [1.29, 1.82) is 0 Å². The van der Waals surface area contributed by atoms with Crippen molar-refractivity contribution in [2.75, 3.05) is 6.61 Å². The van der Waals surface area contributed by atoms with E-state index in [9.17, 15) is 9.50 Å². The van der Waals surface area contributed by atoms with Crippen molar-refractivity contribution in [1.82, 2.24) is 0 Å². The summed E-state index contributed by atoms with van der Waals surface area (Å²) in [5.74, 6) is 0.364. The lowest BCUT2D eigenvalue weighted by Gasteiger charge is -2.12. The zero-order valence-corrected chi connectivity index (χ0v) is 9.92. The molecule has 0 aliphatic rings. The first-order chi connectivity index (χ1) is 8.77. The number of hydrogen-bond acceptors (Lipinski definition) is 2. The van der Waals surface area contributed by atoms with Gasteiger partial charge in [-0.05, 0) is 18.2 Å². The number of aliphatic hydroxyl groups is 1. The lowest BCUT2D eigenvalue weighted by molar-refractivity contribution is 0.137. The van der Waals surface area contributed by atoms with E-state index in [0.29, 0.717) is 18.6 Å². The third-order valence-corrected chi connectivity index (χ3v) is 2.67. The molecule has 0 bridgehead atoms. The number of aliphatic hydroxyl groups excluding tert-OH is 1. The number of hydrogen-bond donors (Lipinski definition) is 1. The van der Waals surface area contributed by atoms with Crippen LogP contribution in [0.15, 0.2) is 54.6 Å². The van der Waals surface area contributed by atoms with Gasteiger partial charge in [0.05, 0.1) is 12.7 Å². The smallest absolute Gasteiger partial charge is 0.129 e. The first kappa shape index (κ1) is 12.6. The molecule has 1 unspecified atom stereocenters. The number of halogens is 1. The first-order valence-electron chi connectivity index (χ1n) is 5.87. The van der Waals surface area contributed by atoms with Crippen LogP contribution in [-0.2, 0) is 0 Å². The maximum Gasteiger partial charge on any atom is 0.129 e. The van der Waals surface area contributed by atoms with E-state index in [1.165, 1.54) is 6.07 Å². The fourth-order valence-electron chi connectivity index (χ4n) is 1.71. The molecule has 1 N–H and O–H groups in total. The summed E-state index contributed by atoms with van der Waals surface area (Å²) in [4.78, 5) is 0. The minimum absolute atomic E-state index is 0.314. The van der Waals surface area contributed by atoms with Crippen molar-refractivity contribution in [2.45, 2.75) is 12.5 Å². The van der Waals surface area contributed by atoms with Gasteiger partial charge in [0.15, 0.2) is 0 Å². The quantitative estimate of drug-likeness (QED) is 0.876. The minimum atomic E-state index is -0.838. The van der Waals surface area contributed by atoms with Gasteiger partial charge in [0.25, 0.3) is 0 Å². The van der Waals surface area contributed by atoms with Crippen molar-refractivity contribution < 1.29 is 14.2 Å². The molecule has 18 heavy (non-hydrogen) atoms. The van der Waals surface area contributed by atoms with Gasteiger partial charge in [0, 0.05) is 12.0 Å². The predicted octanol–water partition coefficient (Wildman–Crippen LogP) is 3.33. The average molecular weight is 246 g/mol. The summed E-state index contributed by atoms with van der Waals surface area (Å²) < 4.78 is 18.8. The average Bonchev–Trinajstić information content (AvgIpc) is 2.40. The van der Waals surface area contributed by atoms with Crippen LogP contribution in [0.5, 0.6) is 5.75 Å². The number of benzene rings is 2. The molecule has 0 fully saturated rings. The Labute approximate surface area is 106 Å². The first-order valence-corrected chi connectivity index (χ1v) is 5.87. The van der Waals surface area contributed by atoms with Crippen LogP contribution < -0.4 is 4.74 Å². The molecule has 2 aromatic rings. The molecule has 0 amide bonds. The molecule has 2 aromatic carbocycles. The molecule has 0 aliphatic heterocycles.